The summed E-state index contributed by atoms with van der Waals surface area (Å²) >= 11 is 0. The van der Waals surface area contributed by atoms with Crippen molar-refractivity contribution in [2.75, 3.05) is 6.61 Å². The molecule has 0 rings (SSSR count). The van der Waals surface area contributed by atoms with Crippen molar-refractivity contribution in [2.24, 2.45) is 0 Å². The van der Waals surface area contributed by atoms with E-state index in [1.54, 1.807) is 6.92 Å². The summed E-state index contributed by atoms with van der Waals surface area (Å²) in [4.78, 5) is 21.3. The van der Waals surface area contributed by atoms with Crippen molar-refractivity contribution in [1.29, 1.82) is 0 Å². The smallest absolute Gasteiger partial charge is 0.320 e. The molecule has 0 heterocycles. The molecule has 0 fully saturated rings. The number of esters is 1. The first kappa shape index (κ1) is 9.57. The van der Waals surface area contributed by atoms with E-state index in [9.17, 15) is 9.59 Å². The maximum absolute atomic E-state index is 10.7. The average Bonchev–Trinajstić information content (AvgIpc) is 1.87. The molecule has 58 valence electrons. The minimum Gasteiger partial charge on any atom is -0.465 e. The van der Waals surface area contributed by atoms with Crippen molar-refractivity contribution in [1.82, 2.24) is 0 Å². The first-order valence-electron chi connectivity index (χ1n) is 3.02. The summed E-state index contributed by atoms with van der Waals surface area (Å²) in [5.41, 5.74) is -0.694. The van der Waals surface area contributed by atoms with Crippen LogP contribution < -0.4 is 0 Å². The second-order valence-corrected chi connectivity index (χ2v) is 2.51. The van der Waals surface area contributed by atoms with Crippen LogP contribution in [0.4, 0.5) is 0 Å². The molecule has 0 aliphatic carbocycles. The van der Waals surface area contributed by atoms with Crippen LogP contribution >= 0.6 is 9.24 Å². The highest BCUT2D eigenvalue weighted by Crippen LogP contribution is 2.03. The summed E-state index contributed by atoms with van der Waals surface area (Å²) in [5, 5.41) is 0. The second-order valence-electron chi connectivity index (χ2n) is 1.84. The fourth-order valence-corrected chi connectivity index (χ4v) is 0.494. The Labute approximate surface area is 62.3 Å². The highest BCUT2D eigenvalue weighted by Gasteiger charge is 2.17. The van der Waals surface area contributed by atoms with Gasteiger partial charge in [0.2, 0.25) is 0 Å². The topological polar surface area (TPSA) is 43.4 Å². The molecule has 0 bridgehead atoms. The van der Waals surface area contributed by atoms with Crippen LogP contribution in [0.1, 0.15) is 13.8 Å². The van der Waals surface area contributed by atoms with Gasteiger partial charge in [-0.15, -0.1) is 9.24 Å². The summed E-state index contributed by atoms with van der Waals surface area (Å²) in [6.07, 6.45) is 0. The van der Waals surface area contributed by atoms with Gasteiger partial charge in [0, 0.05) is 0 Å². The van der Waals surface area contributed by atoms with E-state index in [1.807, 2.05) is 0 Å². The molecule has 0 aromatic heterocycles. The van der Waals surface area contributed by atoms with Crippen LogP contribution in [-0.2, 0) is 14.3 Å². The number of carbonyl (C=O) groups excluding carboxylic acids is 2. The van der Waals surface area contributed by atoms with E-state index in [1.165, 1.54) is 6.92 Å². The number of hydrogen-bond acceptors (Lipinski definition) is 3. The molecular formula is C6H11O3P. The largest absolute Gasteiger partial charge is 0.465 e. The fraction of sp³-hybridized carbons (Fsp3) is 0.667. The number of ether oxygens (including phenoxy) is 1. The van der Waals surface area contributed by atoms with Crippen molar-refractivity contribution in [3.05, 3.63) is 0 Å². The lowest BCUT2D eigenvalue weighted by Crippen LogP contribution is -2.23. The van der Waals surface area contributed by atoms with E-state index in [-0.39, 0.29) is 5.78 Å². The Morgan fingerprint density at radius 2 is 2.10 bits per heavy atom. The zero-order valence-corrected chi connectivity index (χ0v) is 7.24. The molecule has 0 radical (unpaired) electrons. The van der Waals surface area contributed by atoms with E-state index < -0.39 is 11.6 Å². The number of ketones is 1. The Morgan fingerprint density at radius 1 is 1.60 bits per heavy atom. The average molecular weight is 162 g/mol. The third-order valence-electron chi connectivity index (χ3n) is 0.979. The van der Waals surface area contributed by atoms with Gasteiger partial charge in [-0.3, -0.25) is 9.59 Å². The lowest BCUT2D eigenvalue weighted by molar-refractivity contribution is -0.144. The van der Waals surface area contributed by atoms with Crippen molar-refractivity contribution >= 4 is 21.0 Å². The van der Waals surface area contributed by atoms with Gasteiger partial charge in [-0.25, -0.2) is 0 Å². The number of hydrogen-bond donors (Lipinski definition) is 0. The molecule has 0 saturated heterocycles. The van der Waals surface area contributed by atoms with Crippen LogP contribution in [0.15, 0.2) is 0 Å². The summed E-state index contributed by atoms with van der Waals surface area (Å²) in [7, 11) is 2.14. The van der Waals surface area contributed by atoms with Gasteiger partial charge in [-0.2, -0.15) is 0 Å². The Balaban J connectivity index is 3.82. The number of rotatable bonds is 3. The van der Waals surface area contributed by atoms with Crippen molar-refractivity contribution in [2.45, 2.75) is 19.5 Å². The monoisotopic (exact) mass is 162 g/mol. The van der Waals surface area contributed by atoms with E-state index in [0.717, 1.165) is 0 Å². The zero-order chi connectivity index (χ0) is 8.15. The van der Waals surface area contributed by atoms with Crippen LogP contribution in [0, 0.1) is 0 Å². The van der Waals surface area contributed by atoms with Crippen LogP contribution in [0.25, 0.3) is 0 Å². The van der Waals surface area contributed by atoms with Gasteiger partial charge in [-0.05, 0) is 13.8 Å². The van der Waals surface area contributed by atoms with Crippen LogP contribution in [0.3, 0.4) is 0 Å². The molecule has 0 saturated carbocycles. The molecule has 10 heavy (non-hydrogen) atoms. The molecule has 0 amide bonds. The Bertz CT molecular complexity index is 144. The van der Waals surface area contributed by atoms with Gasteiger partial charge in [0.15, 0.2) is 0 Å². The first-order chi connectivity index (χ1) is 4.59. The van der Waals surface area contributed by atoms with Crippen molar-refractivity contribution in [3.8, 4) is 0 Å². The lowest BCUT2D eigenvalue weighted by Gasteiger charge is -2.04. The predicted molar refractivity (Wildman–Crippen MR) is 40.8 cm³/mol. The highest BCUT2D eigenvalue weighted by molar-refractivity contribution is 7.21. The summed E-state index contributed by atoms with van der Waals surface area (Å²) in [5.74, 6) is -0.663. The maximum Gasteiger partial charge on any atom is 0.320 e. The Kier molecular flexibility index (Phi) is 4.21. The normalized spacial score (nSPS) is 12.3. The molecule has 0 aromatic carbocycles. The molecule has 0 aliphatic rings. The van der Waals surface area contributed by atoms with E-state index >= 15 is 0 Å². The molecule has 4 heteroatoms. The molecule has 2 unspecified atom stereocenters. The highest BCUT2D eigenvalue weighted by atomic mass is 31.0. The summed E-state index contributed by atoms with van der Waals surface area (Å²) in [6, 6.07) is 0. The maximum atomic E-state index is 10.7. The van der Waals surface area contributed by atoms with Crippen LogP contribution in [-0.4, -0.2) is 24.0 Å². The van der Waals surface area contributed by atoms with Gasteiger partial charge in [-0.1, -0.05) is 0 Å². The third-order valence-corrected chi connectivity index (χ3v) is 1.72. The van der Waals surface area contributed by atoms with Gasteiger partial charge in [0.25, 0.3) is 0 Å². The number of Topliss-reactive ketones (excluding diaryl/α,β-unsaturated/α-hetero) is 1. The van der Waals surface area contributed by atoms with Gasteiger partial charge < -0.3 is 4.74 Å². The standard InChI is InChI=1S/C6H11O3P/c1-3-9-6(8)5(10)4(2)7/h5H,3,10H2,1-2H3. The van der Waals surface area contributed by atoms with Gasteiger partial charge >= 0.3 is 5.97 Å². The first-order valence-corrected chi connectivity index (χ1v) is 3.69. The van der Waals surface area contributed by atoms with Crippen molar-refractivity contribution in [3.63, 3.8) is 0 Å². The van der Waals surface area contributed by atoms with Gasteiger partial charge in [0.05, 0.1) is 6.61 Å². The van der Waals surface area contributed by atoms with E-state index in [4.69, 9.17) is 0 Å². The number of carbonyl (C=O) groups is 2. The molecule has 0 aromatic rings. The van der Waals surface area contributed by atoms with E-state index in [0.29, 0.717) is 6.61 Å². The van der Waals surface area contributed by atoms with Crippen LogP contribution in [0.2, 0.25) is 0 Å². The van der Waals surface area contributed by atoms with Gasteiger partial charge in [0.1, 0.15) is 11.4 Å². The zero-order valence-electron chi connectivity index (χ0n) is 6.09. The quantitative estimate of drug-likeness (QED) is 0.342. The minimum absolute atomic E-state index is 0.191. The Hall–Kier alpha value is -0.430. The molecule has 3 nitrogen and oxygen atoms in total. The second kappa shape index (κ2) is 4.40. The van der Waals surface area contributed by atoms with Crippen LogP contribution in [0.5, 0.6) is 0 Å². The molecule has 0 spiro atoms. The molecule has 0 aliphatic heterocycles. The van der Waals surface area contributed by atoms with Crippen molar-refractivity contribution < 1.29 is 14.3 Å². The molecular weight excluding hydrogens is 151 g/mol. The third kappa shape index (κ3) is 2.92. The minimum atomic E-state index is -0.694. The Morgan fingerprint density at radius 3 is 2.40 bits per heavy atom. The fourth-order valence-electron chi connectivity index (χ4n) is 0.398. The van der Waals surface area contributed by atoms with E-state index in [2.05, 4.69) is 14.0 Å². The molecule has 0 N–H and O–H groups in total. The predicted octanol–water partition coefficient (Wildman–Crippen LogP) is 0.382. The lowest BCUT2D eigenvalue weighted by atomic mass is 10.3. The SMILES string of the molecule is CCOC(=O)C(P)C(C)=O. The molecule has 2 atom stereocenters. The summed E-state index contributed by atoms with van der Waals surface area (Å²) in [6.45, 7) is 3.38. The summed E-state index contributed by atoms with van der Waals surface area (Å²) < 4.78 is 4.58.